The summed E-state index contributed by atoms with van der Waals surface area (Å²) in [6.45, 7) is 12.7. The Morgan fingerprint density at radius 2 is 2.09 bits per heavy atom. The molecule has 0 radical (unpaired) electrons. The van der Waals surface area contributed by atoms with Crippen molar-refractivity contribution in [3.8, 4) is 0 Å². The van der Waals surface area contributed by atoms with Crippen molar-refractivity contribution < 1.29 is 9.53 Å². The number of ether oxygens (including phenoxy) is 1. The van der Waals surface area contributed by atoms with E-state index in [0.717, 1.165) is 12.8 Å². The second-order valence-corrected chi connectivity index (χ2v) is 9.21. The molecule has 0 fully saturated rings. The number of alkyl halides is 1. The lowest BCUT2D eigenvalue weighted by Crippen LogP contribution is -2.51. The molecular weight excluding hydrogens is 387 g/mol. The Bertz CT molecular complexity index is 506. The summed E-state index contributed by atoms with van der Waals surface area (Å²) in [4.78, 5) is 12.6. The molecule has 2 nitrogen and oxygen atoms in total. The van der Waals surface area contributed by atoms with Crippen LogP contribution in [0, 0.1) is 22.7 Å². The van der Waals surface area contributed by atoms with Gasteiger partial charge >= 0.3 is 5.97 Å². The maximum absolute atomic E-state index is 12.6. The lowest BCUT2D eigenvalue weighted by atomic mass is 9.62. The first-order chi connectivity index (χ1) is 10.1. The van der Waals surface area contributed by atoms with Crippen LogP contribution in [0.4, 0.5) is 0 Å². The summed E-state index contributed by atoms with van der Waals surface area (Å²) < 4.78 is 6.53. The van der Waals surface area contributed by atoms with Gasteiger partial charge in [-0.25, -0.2) is 0 Å². The normalized spacial score (nSPS) is 38.2. The zero-order valence-corrected chi connectivity index (χ0v) is 16.8. The molecule has 124 valence electrons. The summed E-state index contributed by atoms with van der Waals surface area (Å²) >= 11 is 2.55. The number of esters is 1. The molecule has 0 spiro atoms. The highest BCUT2D eigenvalue weighted by Gasteiger charge is 2.51. The fourth-order valence-corrected chi connectivity index (χ4v) is 4.40. The largest absolute Gasteiger partial charge is 0.461 e. The number of fused-ring (bicyclic) bond motifs is 1. The van der Waals surface area contributed by atoms with Gasteiger partial charge in [-0.15, -0.1) is 0 Å². The molecule has 0 saturated carbocycles. The van der Waals surface area contributed by atoms with Gasteiger partial charge in [-0.05, 0) is 44.1 Å². The molecule has 0 saturated heterocycles. The van der Waals surface area contributed by atoms with Crippen LogP contribution in [0.3, 0.4) is 0 Å². The van der Waals surface area contributed by atoms with Crippen molar-refractivity contribution in [2.75, 3.05) is 0 Å². The topological polar surface area (TPSA) is 26.3 Å². The minimum atomic E-state index is -0.405. The van der Waals surface area contributed by atoms with Crippen LogP contribution in [-0.4, -0.2) is 16.0 Å². The molecule has 5 atom stereocenters. The molecule has 2 rings (SSSR count). The van der Waals surface area contributed by atoms with Crippen LogP contribution >= 0.6 is 22.6 Å². The van der Waals surface area contributed by atoms with E-state index in [1.165, 1.54) is 5.57 Å². The van der Waals surface area contributed by atoms with Crippen LogP contribution in [0.25, 0.3) is 0 Å². The molecule has 0 aromatic rings. The predicted octanol–water partition coefficient (Wildman–Crippen LogP) is 5.32. The molecule has 3 heteroatoms. The van der Waals surface area contributed by atoms with E-state index in [9.17, 15) is 4.79 Å². The SMILES string of the molecule is CCC(C)(C)C(=O)O[C@H]1C[C@@H](C)C=C2C=C[C@H](C)C(I)[C@]21C. The van der Waals surface area contributed by atoms with E-state index < -0.39 is 5.41 Å². The van der Waals surface area contributed by atoms with Crippen molar-refractivity contribution in [3.63, 3.8) is 0 Å². The van der Waals surface area contributed by atoms with Gasteiger partial charge in [0.15, 0.2) is 0 Å². The second kappa shape index (κ2) is 6.29. The van der Waals surface area contributed by atoms with E-state index in [1.807, 2.05) is 20.8 Å². The summed E-state index contributed by atoms with van der Waals surface area (Å²) in [5, 5.41) is 0. The minimum absolute atomic E-state index is 0.0323. The third-order valence-electron chi connectivity index (χ3n) is 5.64. The summed E-state index contributed by atoms with van der Waals surface area (Å²) in [5.74, 6) is 0.893. The second-order valence-electron chi connectivity index (χ2n) is 7.87. The highest BCUT2D eigenvalue weighted by atomic mass is 127. The number of carbonyl (C=O) groups excluding carboxylic acids is 1. The van der Waals surface area contributed by atoms with Crippen molar-refractivity contribution in [2.24, 2.45) is 22.7 Å². The first-order valence-electron chi connectivity index (χ1n) is 8.38. The number of allylic oxidation sites excluding steroid dienone is 3. The van der Waals surface area contributed by atoms with E-state index in [0.29, 0.717) is 15.8 Å². The van der Waals surface area contributed by atoms with Crippen LogP contribution in [0.15, 0.2) is 23.8 Å². The fraction of sp³-hybridized carbons (Fsp3) is 0.737. The summed E-state index contributed by atoms with van der Waals surface area (Å²) in [6.07, 6.45) is 8.60. The fourth-order valence-electron chi connectivity index (χ4n) is 3.40. The average molecular weight is 416 g/mol. The predicted molar refractivity (Wildman–Crippen MR) is 100 cm³/mol. The van der Waals surface area contributed by atoms with Crippen molar-refractivity contribution in [2.45, 2.75) is 64.4 Å². The van der Waals surface area contributed by atoms with E-state index in [4.69, 9.17) is 4.74 Å². The average Bonchev–Trinajstić information content (AvgIpc) is 2.46. The number of rotatable bonds is 3. The van der Waals surface area contributed by atoms with Crippen LogP contribution in [0.5, 0.6) is 0 Å². The van der Waals surface area contributed by atoms with E-state index in [-0.39, 0.29) is 17.5 Å². The molecule has 0 aromatic carbocycles. The summed E-state index contributed by atoms with van der Waals surface area (Å²) in [7, 11) is 0. The van der Waals surface area contributed by atoms with E-state index in [1.54, 1.807) is 0 Å². The molecule has 2 aliphatic rings. The minimum Gasteiger partial charge on any atom is -0.461 e. The first-order valence-corrected chi connectivity index (χ1v) is 9.63. The van der Waals surface area contributed by atoms with Gasteiger partial charge in [0, 0.05) is 9.34 Å². The molecule has 0 amide bonds. The van der Waals surface area contributed by atoms with Crippen molar-refractivity contribution >= 4 is 28.6 Å². The first kappa shape index (κ1) is 18.0. The summed E-state index contributed by atoms with van der Waals surface area (Å²) in [5.41, 5.74) is 0.856. The molecule has 0 heterocycles. The molecule has 0 bridgehead atoms. The Balaban J connectivity index is 2.34. The van der Waals surface area contributed by atoms with E-state index in [2.05, 4.69) is 61.6 Å². The quantitative estimate of drug-likeness (QED) is 0.354. The molecule has 0 aliphatic heterocycles. The van der Waals surface area contributed by atoms with Gasteiger partial charge in [0.1, 0.15) is 6.10 Å². The molecule has 0 N–H and O–H groups in total. The van der Waals surface area contributed by atoms with Crippen molar-refractivity contribution in [1.82, 2.24) is 0 Å². The number of hydrogen-bond donors (Lipinski definition) is 0. The smallest absolute Gasteiger partial charge is 0.311 e. The van der Waals surface area contributed by atoms with Gasteiger partial charge in [-0.3, -0.25) is 4.79 Å². The Hall–Kier alpha value is -0.320. The number of halogens is 1. The summed E-state index contributed by atoms with van der Waals surface area (Å²) in [6, 6.07) is 0. The van der Waals surface area contributed by atoms with Crippen LogP contribution in [0.1, 0.15) is 54.4 Å². The van der Waals surface area contributed by atoms with Crippen molar-refractivity contribution in [1.29, 1.82) is 0 Å². The molecule has 0 aromatic heterocycles. The van der Waals surface area contributed by atoms with Crippen LogP contribution < -0.4 is 0 Å². The zero-order chi connectivity index (χ0) is 16.7. The Morgan fingerprint density at radius 1 is 1.45 bits per heavy atom. The van der Waals surface area contributed by atoms with E-state index >= 15 is 0 Å². The maximum atomic E-state index is 12.6. The van der Waals surface area contributed by atoms with Gasteiger partial charge in [0.2, 0.25) is 0 Å². The monoisotopic (exact) mass is 416 g/mol. The van der Waals surface area contributed by atoms with Gasteiger partial charge in [-0.2, -0.15) is 0 Å². The van der Waals surface area contributed by atoms with Gasteiger partial charge in [0.25, 0.3) is 0 Å². The highest BCUT2D eigenvalue weighted by Crippen LogP contribution is 2.52. The third-order valence-corrected chi connectivity index (χ3v) is 8.07. The third kappa shape index (κ3) is 3.02. The van der Waals surface area contributed by atoms with Crippen LogP contribution in [0.2, 0.25) is 0 Å². The standard InChI is InChI=1S/C19H29IO2/c1-7-18(4,5)17(21)22-15-11-12(2)10-14-9-8-13(3)16(20)19(14,15)6/h8-10,12-13,15-16H,7,11H2,1-6H3/t12-,13-,15-,16?,19+/m0/s1. The Kier molecular flexibility index (Phi) is 5.15. The Morgan fingerprint density at radius 3 is 2.68 bits per heavy atom. The lowest BCUT2D eigenvalue weighted by molar-refractivity contribution is -0.167. The van der Waals surface area contributed by atoms with Crippen molar-refractivity contribution in [3.05, 3.63) is 23.8 Å². The van der Waals surface area contributed by atoms with Gasteiger partial charge in [0.05, 0.1) is 5.41 Å². The molecule has 2 aliphatic carbocycles. The van der Waals surface area contributed by atoms with Gasteiger partial charge in [-0.1, -0.05) is 68.5 Å². The maximum Gasteiger partial charge on any atom is 0.311 e. The highest BCUT2D eigenvalue weighted by molar-refractivity contribution is 14.1. The molecule has 22 heavy (non-hydrogen) atoms. The molecule has 1 unspecified atom stereocenters. The zero-order valence-electron chi connectivity index (χ0n) is 14.7. The lowest BCUT2D eigenvalue weighted by Gasteiger charge is -2.49. The Labute approximate surface area is 148 Å². The number of carbonyl (C=O) groups is 1. The van der Waals surface area contributed by atoms with Crippen LogP contribution in [-0.2, 0) is 9.53 Å². The number of hydrogen-bond acceptors (Lipinski definition) is 2. The molecular formula is C19H29IO2. The van der Waals surface area contributed by atoms with Gasteiger partial charge < -0.3 is 4.74 Å².